The third-order valence-corrected chi connectivity index (χ3v) is 5.86. The zero-order valence-corrected chi connectivity index (χ0v) is 17.6. The maximum atomic E-state index is 12.8. The summed E-state index contributed by atoms with van der Waals surface area (Å²) in [6.45, 7) is 5.76. The molecule has 7 heteroatoms. The molecule has 0 bridgehead atoms. The summed E-state index contributed by atoms with van der Waals surface area (Å²) in [5.74, 6) is 1.76. The molecule has 0 saturated carbocycles. The van der Waals surface area contributed by atoms with Crippen molar-refractivity contribution in [2.75, 3.05) is 39.9 Å². The number of hydrogen-bond acceptors (Lipinski definition) is 6. The number of methoxy groups -OCH3 is 1. The van der Waals surface area contributed by atoms with Gasteiger partial charge in [-0.05, 0) is 55.3 Å². The highest BCUT2D eigenvalue weighted by Gasteiger charge is 2.32. The van der Waals surface area contributed by atoms with Gasteiger partial charge in [-0.3, -0.25) is 9.69 Å². The van der Waals surface area contributed by atoms with E-state index in [1.54, 1.807) is 7.11 Å². The van der Waals surface area contributed by atoms with Gasteiger partial charge in [0.05, 0.1) is 19.9 Å². The monoisotopic (exact) mass is 410 g/mol. The van der Waals surface area contributed by atoms with Crippen molar-refractivity contribution in [3.8, 4) is 11.5 Å². The highest BCUT2D eigenvalue weighted by molar-refractivity contribution is 5.94. The standard InChI is InChI=1S/C23H30N4O3/c1-3-30-20-10-6-18(7-11-20)23(28)27-14-12-26(13-15-27)22-16-21(24-25-22)17-4-8-19(29-2)9-5-17/h4-11,21-22,24-25H,3,12-16H2,1-2H3. The first-order valence-corrected chi connectivity index (χ1v) is 10.6. The van der Waals surface area contributed by atoms with E-state index in [9.17, 15) is 4.79 Å². The molecule has 2 atom stereocenters. The van der Waals surface area contributed by atoms with Gasteiger partial charge in [0.15, 0.2) is 0 Å². The van der Waals surface area contributed by atoms with E-state index in [-0.39, 0.29) is 18.1 Å². The van der Waals surface area contributed by atoms with Crippen LogP contribution in [0.25, 0.3) is 0 Å². The molecule has 2 aliphatic heterocycles. The number of piperazine rings is 1. The van der Waals surface area contributed by atoms with E-state index in [0.29, 0.717) is 12.2 Å². The van der Waals surface area contributed by atoms with Gasteiger partial charge in [0.2, 0.25) is 0 Å². The quantitative estimate of drug-likeness (QED) is 0.763. The van der Waals surface area contributed by atoms with Gasteiger partial charge in [0.25, 0.3) is 5.91 Å². The number of nitrogens with one attached hydrogen (secondary N) is 2. The number of benzene rings is 2. The van der Waals surface area contributed by atoms with Crippen LogP contribution in [0.3, 0.4) is 0 Å². The highest BCUT2D eigenvalue weighted by Crippen LogP contribution is 2.26. The number of hydrazine groups is 1. The van der Waals surface area contributed by atoms with E-state index >= 15 is 0 Å². The van der Waals surface area contributed by atoms with E-state index in [1.165, 1.54) is 5.56 Å². The first-order valence-electron chi connectivity index (χ1n) is 10.6. The van der Waals surface area contributed by atoms with E-state index < -0.39 is 0 Å². The fraction of sp³-hybridized carbons (Fsp3) is 0.435. The lowest BCUT2D eigenvalue weighted by atomic mass is 10.0. The van der Waals surface area contributed by atoms with Crippen molar-refractivity contribution in [3.63, 3.8) is 0 Å². The number of ether oxygens (including phenoxy) is 2. The minimum Gasteiger partial charge on any atom is -0.497 e. The van der Waals surface area contributed by atoms with Gasteiger partial charge in [-0.15, -0.1) is 0 Å². The molecule has 0 aromatic heterocycles. The van der Waals surface area contributed by atoms with Gasteiger partial charge in [0, 0.05) is 37.8 Å². The van der Waals surface area contributed by atoms with Crippen molar-refractivity contribution >= 4 is 5.91 Å². The second kappa shape index (κ2) is 9.47. The SMILES string of the molecule is CCOc1ccc(C(=O)N2CCN(C3CC(c4ccc(OC)cc4)NN3)CC2)cc1. The van der Waals surface area contributed by atoms with Crippen molar-refractivity contribution < 1.29 is 14.3 Å². The predicted molar refractivity (Wildman–Crippen MR) is 115 cm³/mol. The summed E-state index contributed by atoms with van der Waals surface area (Å²) in [6.07, 6.45) is 1.25. The van der Waals surface area contributed by atoms with Gasteiger partial charge in [-0.2, -0.15) is 0 Å². The number of nitrogens with zero attached hydrogens (tertiary/aromatic N) is 2. The van der Waals surface area contributed by atoms with Crippen LogP contribution in [0.4, 0.5) is 0 Å². The Labute approximate surface area is 177 Å². The lowest BCUT2D eigenvalue weighted by molar-refractivity contribution is 0.0545. The van der Waals surface area contributed by atoms with Crippen LogP contribution in [-0.4, -0.2) is 61.8 Å². The lowest BCUT2D eigenvalue weighted by Gasteiger charge is -2.37. The predicted octanol–water partition coefficient (Wildman–Crippen LogP) is 2.42. The van der Waals surface area contributed by atoms with Crippen LogP contribution in [0, 0.1) is 0 Å². The fourth-order valence-electron chi connectivity index (χ4n) is 4.11. The van der Waals surface area contributed by atoms with E-state index in [4.69, 9.17) is 9.47 Å². The summed E-state index contributed by atoms with van der Waals surface area (Å²) >= 11 is 0. The average molecular weight is 411 g/mol. The normalized spacial score (nSPS) is 22.1. The Morgan fingerprint density at radius 3 is 2.27 bits per heavy atom. The molecular formula is C23H30N4O3. The summed E-state index contributed by atoms with van der Waals surface area (Å²) in [5, 5.41) is 0. The highest BCUT2D eigenvalue weighted by atomic mass is 16.5. The molecular weight excluding hydrogens is 380 g/mol. The number of amides is 1. The molecule has 30 heavy (non-hydrogen) atoms. The topological polar surface area (TPSA) is 66.1 Å². The second-order valence-electron chi connectivity index (χ2n) is 7.65. The molecule has 2 fully saturated rings. The molecule has 2 unspecified atom stereocenters. The van der Waals surface area contributed by atoms with Crippen molar-refractivity contribution in [3.05, 3.63) is 59.7 Å². The fourth-order valence-corrected chi connectivity index (χ4v) is 4.11. The van der Waals surface area contributed by atoms with Crippen molar-refractivity contribution in [1.82, 2.24) is 20.7 Å². The van der Waals surface area contributed by atoms with Crippen LogP contribution in [0.2, 0.25) is 0 Å². The van der Waals surface area contributed by atoms with Crippen molar-refractivity contribution in [2.45, 2.75) is 25.6 Å². The Morgan fingerprint density at radius 2 is 1.63 bits per heavy atom. The molecule has 2 aromatic carbocycles. The van der Waals surface area contributed by atoms with Crippen LogP contribution in [0.15, 0.2) is 48.5 Å². The lowest BCUT2D eigenvalue weighted by Crippen LogP contribution is -2.55. The molecule has 2 aromatic rings. The van der Waals surface area contributed by atoms with Crippen LogP contribution in [0.1, 0.15) is 35.3 Å². The molecule has 160 valence electrons. The Bertz CT molecular complexity index is 833. The number of rotatable bonds is 6. The minimum atomic E-state index is 0.0892. The molecule has 1 amide bonds. The van der Waals surface area contributed by atoms with E-state index in [2.05, 4.69) is 27.9 Å². The second-order valence-corrected chi connectivity index (χ2v) is 7.65. The first-order chi connectivity index (χ1) is 14.7. The van der Waals surface area contributed by atoms with Crippen LogP contribution < -0.4 is 20.3 Å². The summed E-state index contributed by atoms with van der Waals surface area (Å²) < 4.78 is 10.7. The Morgan fingerprint density at radius 1 is 0.967 bits per heavy atom. The minimum absolute atomic E-state index is 0.0892. The number of carbonyl (C=O) groups is 1. The molecule has 2 heterocycles. The molecule has 4 rings (SSSR count). The molecule has 0 radical (unpaired) electrons. The van der Waals surface area contributed by atoms with Gasteiger partial charge in [-0.1, -0.05) is 12.1 Å². The van der Waals surface area contributed by atoms with E-state index in [1.807, 2.05) is 48.2 Å². The van der Waals surface area contributed by atoms with Gasteiger partial charge in [0.1, 0.15) is 11.5 Å². The molecule has 2 aliphatic rings. The van der Waals surface area contributed by atoms with Gasteiger partial charge < -0.3 is 14.4 Å². The summed E-state index contributed by atoms with van der Waals surface area (Å²) in [5.41, 5.74) is 8.79. The maximum Gasteiger partial charge on any atom is 0.253 e. The number of hydrogen-bond donors (Lipinski definition) is 2. The smallest absolute Gasteiger partial charge is 0.253 e. The summed E-state index contributed by atoms with van der Waals surface area (Å²) in [7, 11) is 1.68. The molecule has 2 N–H and O–H groups in total. The Hall–Kier alpha value is -2.61. The number of carbonyl (C=O) groups excluding carboxylic acids is 1. The third-order valence-electron chi connectivity index (χ3n) is 5.86. The molecule has 0 aliphatic carbocycles. The zero-order chi connectivity index (χ0) is 20.9. The maximum absolute atomic E-state index is 12.8. The van der Waals surface area contributed by atoms with Gasteiger partial charge in [-0.25, -0.2) is 10.9 Å². The molecule has 2 saturated heterocycles. The Balaban J connectivity index is 1.28. The third kappa shape index (κ3) is 4.59. The Kier molecular flexibility index (Phi) is 6.52. The van der Waals surface area contributed by atoms with Crippen LogP contribution in [0.5, 0.6) is 11.5 Å². The van der Waals surface area contributed by atoms with Crippen molar-refractivity contribution in [1.29, 1.82) is 0 Å². The van der Waals surface area contributed by atoms with Crippen molar-refractivity contribution in [2.24, 2.45) is 0 Å². The van der Waals surface area contributed by atoms with Crippen LogP contribution >= 0.6 is 0 Å². The average Bonchev–Trinajstić information content (AvgIpc) is 3.30. The van der Waals surface area contributed by atoms with Gasteiger partial charge >= 0.3 is 0 Å². The van der Waals surface area contributed by atoms with Crippen LogP contribution in [-0.2, 0) is 0 Å². The zero-order valence-electron chi connectivity index (χ0n) is 17.6. The van der Waals surface area contributed by atoms with E-state index in [0.717, 1.165) is 44.1 Å². The molecule has 7 nitrogen and oxygen atoms in total. The summed E-state index contributed by atoms with van der Waals surface area (Å²) in [4.78, 5) is 17.2. The molecule has 0 spiro atoms. The largest absolute Gasteiger partial charge is 0.497 e. The summed E-state index contributed by atoms with van der Waals surface area (Å²) in [6, 6.07) is 15.9. The first kappa shape index (κ1) is 20.7.